The van der Waals surface area contributed by atoms with E-state index < -0.39 is 11.5 Å². The summed E-state index contributed by atoms with van der Waals surface area (Å²) in [7, 11) is 0. The minimum Gasteiger partial charge on any atom is -0.506 e. The van der Waals surface area contributed by atoms with Crippen molar-refractivity contribution in [3.63, 3.8) is 0 Å². The highest BCUT2D eigenvalue weighted by molar-refractivity contribution is 7.18. The summed E-state index contributed by atoms with van der Waals surface area (Å²) in [6.45, 7) is 2.20. The van der Waals surface area contributed by atoms with Crippen LogP contribution in [0.2, 0.25) is 0 Å². The number of carbonyl (C=O) groups excluding carboxylic acids is 1. The van der Waals surface area contributed by atoms with Crippen LogP contribution in [0.25, 0.3) is 10.2 Å². The molecule has 2 heterocycles. The van der Waals surface area contributed by atoms with E-state index in [2.05, 4.69) is 17.2 Å². The first kappa shape index (κ1) is 15.9. The van der Waals surface area contributed by atoms with Gasteiger partial charge < -0.3 is 15.4 Å². The van der Waals surface area contributed by atoms with Crippen molar-refractivity contribution in [3.8, 4) is 5.75 Å². The zero-order valence-electron chi connectivity index (χ0n) is 13.8. The van der Waals surface area contributed by atoms with Gasteiger partial charge in [0.25, 0.3) is 11.5 Å². The molecule has 0 bridgehead atoms. The molecule has 0 saturated carbocycles. The number of pyridine rings is 1. The molecular weight excluding hydrogens is 336 g/mol. The lowest BCUT2D eigenvalue weighted by molar-refractivity contribution is 0.102. The van der Waals surface area contributed by atoms with Crippen LogP contribution in [0.4, 0.5) is 5.69 Å². The number of anilines is 1. The fourth-order valence-corrected chi connectivity index (χ4v) is 4.82. The summed E-state index contributed by atoms with van der Waals surface area (Å²) in [6, 6.07) is 8.88. The van der Waals surface area contributed by atoms with Crippen LogP contribution < -0.4 is 10.9 Å². The van der Waals surface area contributed by atoms with Gasteiger partial charge in [0.05, 0.1) is 5.39 Å². The summed E-state index contributed by atoms with van der Waals surface area (Å²) in [4.78, 5) is 29.6. The van der Waals surface area contributed by atoms with Gasteiger partial charge in [-0.3, -0.25) is 9.59 Å². The van der Waals surface area contributed by atoms with Gasteiger partial charge in [-0.2, -0.15) is 0 Å². The van der Waals surface area contributed by atoms with E-state index in [1.54, 1.807) is 24.3 Å². The van der Waals surface area contributed by atoms with E-state index in [0.717, 1.165) is 24.8 Å². The topological polar surface area (TPSA) is 82.2 Å². The summed E-state index contributed by atoms with van der Waals surface area (Å²) in [6.07, 6.45) is 2.85. The number of aromatic nitrogens is 1. The number of para-hydroxylation sites is 1. The summed E-state index contributed by atoms with van der Waals surface area (Å²) >= 11 is 1.51. The van der Waals surface area contributed by atoms with Crippen molar-refractivity contribution in [1.29, 1.82) is 0 Å². The molecule has 1 amide bonds. The second kappa shape index (κ2) is 6.04. The van der Waals surface area contributed by atoms with Crippen LogP contribution in [0.5, 0.6) is 5.75 Å². The summed E-state index contributed by atoms with van der Waals surface area (Å²) < 4.78 is 0. The predicted octanol–water partition coefficient (Wildman–Crippen LogP) is 3.67. The molecule has 0 fully saturated rings. The molecule has 128 valence electrons. The van der Waals surface area contributed by atoms with Crippen molar-refractivity contribution >= 4 is 33.1 Å². The molecule has 0 unspecified atom stereocenters. The molecule has 0 radical (unpaired) electrons. The minimum absolute atomic E-state index is 0.209. The number of thiophene rings is 1. The Morgan fingerprint density at radius 2 is 2.08 bits per heavy atom. The number of aryl methyl sites for hydroxylation is 1. The van der Waals surface area contributed by atoms with Crippen molar-refractivity contribution in [2.45, 2.75) is 26.2 Å². The zero-order valence-corrected chi connectivity index (χ0v) is 14.6. The van der Waals surface area contributed by atoms with Crippen LogP contribution >= 0.6 is 11.3 Å². The molecule has 1 atom stereocenters. The standard InChI is InChI=1S/C19H18N2O3S/c1-10-7-8-12-13(9-10)25-19-14(12)16(22)15(18(24)21-19)17(23)20-11-5-3-2-4-6-11/h2-6,10H,7-9H2,1H3,(H,20,23)(H2,21,22,24)/t10-/m0/s1. The molecule has 3 N–H and O–H groups in total. The number of carbonyl (C=O) groups is 1. The van der Waals surface area contributed by atoms with Crippen molar-refractivity contribution in [2.75, 3.05) is 5.32 Å². The third-order valence-electron chi connectivity index (χ3n) is 4.70. The average Bonchev–Trinajstić information content (AvgIpc) is 2.92. The molecular formula is C19H18N2O3S. The minimum atomic E-state index is -0.601. The average molecular weight is 354 g/mol. The molecule has 4 rings (SSSR count). The monoisotopic (exact) mass is 354 g/mol. The zero-order chi connectivity index (χ0) is 17.6. The lowest BCUT2D eigenvalue weighted by atomic mass is 9.89. The number of amides is 1. The molecule has 6 heteroatoms. The second-order valence-corrected chi connectivity index (χ2v) is 7.66. The maximum Gasteiger partial charge on any atom is 0.265 e. The lowest BCUT2D eigenvalue weighted by Crippen LogP contribution is -2.23. The van der Waals surface area contributed by atoms with Gasteiger partial charge in [0, 0.05) is 10.6 Å². The SMILES string of the molecule is C[C@H]1CCc2c(sc3[nH]c(=O)c(C(=O)Nc4ccccc4)c(O)c23)C1. The first-order valence-electron chi connectivity index (χ1n) is 8.30. The number of benzene rings is 1. The van der Waals surface area contributed by atoms with Gasteiger partial charge in [-0.15, -0.1) is 11.3 Å². The van der Waals surface area contributed by atoms with Crippen LogP contribution in [-0.2, 0) is 12.8 Å². The van der Waals surface area contributed by atoms with Crippen LogP contribution in [0, 0.1) is 5.92 Å². The Labute approximate surface area is 148 Å². The number of H-pyrrole nitrogens is 1. The van der Waals surface area contributed by atoms with Gasteiger partial charge in [0.1, 0.15) is 16.1 Å². The third kappa shape index (κ3) is 2.72. The highest BCUT2D eigenvalue weighted by atomic mass is 32.1. The van der Waals surface area contributed by atoms with E-state index in [1.807, 2.05) is 6.07 Å². The first-order chi connectivity index (χ1) is 12.0. The molecule has 5 nitrogen and oxygen atoms in total. The number of fused-ring (bicyclic) bond motifs is 3. The normalized spacial score (nSPS) is 16.6. The third-order valence-corrected chi connectivity index (χ3v) is 5.87. The maximum absolute atomic E-state index is 12.6. The molecule has 1 aliphatic rings. The molecule has 0 spiro atoms. The largest absolute Gasteiger partial charge is 0.506 e. The van der Waals surface area contributed by atoms with Crippen LogP contribution in [0.1, 0.15) is 34.1 Å². The quantitative estimate of drug-likeness (QED) is 0.657. The number of hydrogen-bond acceptors (Lipinski definition) is 4. The smallest absolute Gasteiger partial charge is 0.265 e. The van der Waals surface area contributed by atoms with E-state index in [9.17, 15) is 14.7 Å². The molecule has 2 aromatic heterocycles. The van der Waals surface area contributed by atoms with Gasteiger partial charge in [-0.25, -0.2) is 0 Å². The van der Waals surface area contributed by atoms with Gasteiger partial charge in [-0.05, 0) is 42.9 Å². The Hall–Kier alpha value is -2.60. The van der Waals surface area contributed by atoms with Crippen molar-refractivity contribution in [1.82, 2.24) is 4.98 Å². The summed E-state index contributed by atoms with van der Waals surface area (Å²) in [5.74, 6) is -0.217. The van der Waals surface area contributed by atoms with Crippen molar-refractivity contribution < 1.29 is 9.90 Å². The van der Waals surface area contributed by atoms with Crippen molar-refractivity contribution in [2.24, 2.45) is 5.92 Å². The summed E-state index contributed by atoms with van der Waals surface area (Å²) in [5.41, 5.74) is 0.855. The van der Waals surface area contributed by atoms with Crippen LogP contribution in [0.15, 0.2) is 35.1 Å². The molecule has 1 aromatic carbocycles. The van der Waals surface area contributed by atoms with Gasteiger partial charge in [0.2, 0.25) is 0 Å². The van der Waals surface area contributed by atoms with E-state index in [4.69, 9.17) is 0 Å². The highest BCUT2D eigenvalue weighted by Crippen LogP contribution is 2.41. The Kier molecular flexibility index (Phi) is 3.84. The second-order valence-electron chi connectivity index (χ2n) is 6.55. The van der Waals surface area contributed by atoms with E-state index >= 15 is 0 Å². The summed E-state index contributed by atoms with van der Waals surface area (Å²) in [5, 5.41) is 14.0. The Morgan fingerprint density at radius 3 is 2.84 bits per heavy atom. The van der Waals surface area contributed by atoms with Gasteiger partial charge in [-0.1, -0.05) is 25.1 Å². The highest BCUT2D eigenvalue weighted by Gasteiger charge is 2.27. The Bertz CT molecular complexity index is 1020. The molecule has 0 aliphatic heterocycles. The molecule has 0 saturated heterocycles. The van der Waals surface area contributed by atoms with Crippen molar-refractivity contribution in [3.05, 3.63) is 56.7 Å². The first-order valence-corrected chi connectivity index (χ1v) is 9.12. The fourth-order valence-electron chi connectivity index (χ4n) is 3.41. The predicted molar refractivity (Wildman–Crippen MR) is 99.7 cm³/mol. The number of hydrogen-bond donors (Lipinski definition) is 3. The number of rotatable bonds is 2. The maximum atomic E-state index is 12.6. The molecule has 25 heavy (non-hydrogen) atoms. The van der Waals surface area contributed by atoms with Crippen LogP contribution in [-0.4, -0.2) is 16.0 Å². The number of nitrogens with one attached hydrogen (secondary N) is 2. The van der Waals surface area contributed by atoms with E-state index in [1.165, 1.54) is 16.2 Å². The fraction of sp³-hybridized carbons (Fsp3) is 0.263. The van der Waals surface area contributed by atoms with Gasteiger partial charge in [0.15, 0.2) is 0 Å². The van der Waals surface area contributed by atoms with E-state index in [-0.39, 0.29) is 11.3 Å². The Balaban J connectivity index is 1.82. The van der Waals surface area contributed by atoms with E-state index in [0.29, 0.717) is 21.8 Å². The number of aromatic amines is 1. The van der Waals surface area contributed by atoms with Crippen LogP contribution in [0.3, 0.4) is 0 Å². The molecule has 3 aromatic rings. The van der Waals surface area contributed by atoms with Gasteiger partial charge >= 0.3 is 0 Å². The lowest BCUT2D eigenvalue weighted by Gasteiger charge is -2.18. The number of aromatic hydroxyl groups is 1. The Morgan fingerprint density at radius 1 is 1.32 bits per heavy atom. The molecule has 1 aliphatic carbocycles.